The molecule has 0 saturated carbocycles. The molecule has 1 atom stereocenters. The number of Topliss-reactive ketones (excluding diaryl/α,β-unsaturated/α-hetero) is 1. The number of ketones is 1. The van der Waals surface area contributed by atoms with Crippen molar-refractivity contribution >= 4 is 5.78 Å². The Bertz CT molecular complexity index is 411. The molecule has 2 heteroatoms. The third-order valence-corrected chi connectivity index (χ3v) is 3.64. The topological polar surface area (TPSA) is 29.1 Å². The molecule has 0 saturated heterocycles. The van der Waals surface area contributed by atoms with Crippen LogP contribution in [-0.2, 0) is 12.8 Å². The van der Waals surface area contributed by atoms with Crippen molar-refractivity contribution in [2.75, 3.05) is 6.54 Å². The lowest BCUT2D eigenvalue weighted by Gasteiger charge is -2.10. The van der Waals surface area contributed by atoms with Crippen LogP contribution >= 0.6 is 0 Å². The molecule has 0 spiro atoms. The zero-order valence-electron chi connectivity index (χ0n) is 10.8. The van der Waals surface area contributed by atoms with E-state index in [9.17, 15) is 4.79 Å². The van der Waals surface area contributed by atoms with Gasteiger partial charge >= 0.3 is 0 Å². The van der Waals surface area contributed by atoms with Gasteiger partial charge < -0.3 is 5.32 Å². The van der Waals surface area contributed by atoms with E-state index in [1.807, 2.05) is 6.07 Å². The normalized spacial score (nSPS) is 15.6. The number of carbonyl (C=O) groups is 1. The molecule has 0 amide bonds. The van der Waals surface area contributed by atoms with Crippen molar-refractivity contribution < 1.29 is 4.79 Å². The molecule has 1 aliphatic carbocycles. The van der Waals surface area contributed by atoms with Crippen LogP contribution < -0.4 is 5.32 Å². The molecule has 92 valence electrons. The van der Waals surface area contributed by atoms with Crippen LogP contribution in [0, 0.1) is 0 Å². The predicted octanol–water partition coefficient (Wildman–Crippen LogP) is 2.75. The SMILES string of the molecule is CCC(C)NCC(=O)c1ccc2c(c1)CCC2. The van der Waals surface area contributed by atoms with E-state index in [1.54, 1.807) is 0 Å². The van der Waals surface area contributed by atoms with Crippen molar-refractivity contribution in [3.8, 4) is 0 Å². The highest BCUT2D eigenvalue weighted by Gasteiger charge is 2.14. The van der Waals surface area contributed by atoms with E-state index in [2.05, 4.69) is 31.3 Å². The van der Waals surface area contributed by atoms with Gasteiger partial charge in [0.2, 0.25) is 0 Å². The molecule has 2 nitrogen and oxygen atoms in total. The quantitative estimate of drug-likeness (QED) is 0.789. The first-order chi connectivity index (χ1) is 8.20. The maximum absolute atomic E-state index is 12.0. The van der Waals surface area contributed by atoms with Gasteiger partial charge in [0, 0.05) is 11.6 Å². The lowest BCUT2D eigenvalue weighted by molar-refractivity contribution is 0.0987. The van der Waals surface area contributed by atoms with E-state index in [4.69, 9.17) is 0 Å². The molecule has 1 aliphatic rings. The van der Waals surface area contributed by atoms with Gasteiger partial charge in [0.25, 0.3) is 0 Å². The molecule has 1 aromatic carbocycles. The molecule has 0 fully saturated rings. The highest BCUT2D eigenvalue weighted by atomic mass is 16.1. The lowest BCUT2D eigenvalue weighted by atomic mass is 10.0. The summed E-state index contributed by atoms with van der Waals surface area (Å²) < 4.78 is 0. The maximum Gasteiger partial charge on any atom is 0.176 e. The first kappa shape index (κ1) is 12.3. The smallest absolute Gasteiger partial charge is 0.176 e. The van der Waals surface area contributed by atoms with Crippen LogP contribution in [-0.4, -0.2) is 18.4 Å². The number of nitrogens with one attached hydrogen (secondary N) is 1. The minimum Gasteiger partial charge on any atom is -0.307 e. The average molecular weight is 231 g/mol. The molecule has 2 rings (SSSR count). The highest BCUT2D eigenvalue weighted by Crippen LogP contribution is 2.22. The van der Waals surface area contributed by atoms with E-state index >= 15 is 0 Å². The van der Waals surface area contributed by atoms with Crippen LogP contribution in [0.1, 0.15) is 48.2 Å². The Hall–Kier alpha value is -1.15. The summed E-state index contributed by atoms with van der Waals surface area (Å²) in [6, 6.07) is 6.60. The number of carbonyl (C=O) groups excluding carboxylic acids is 1. The van der Waals surface area contributed by atoms with Crippen molar-refractivity contribution in [3.63, 3.8) is 0 Å². The molecule has 0 radical (unpaired) electrons. The summed E-state index contributed by atoms with van der Waals surface area (Å²) in [7, 11) is 0. The van der Waals surface area contributed by atoms with Crippen molar-refractivity contribution in [1.82, 2.24) is 5.32 Å². The second-order valence-electron chi connectivity index (χ2n) is 4.95. The number of benzene rings is 1. The van der Waals surface area contributed by atoms with Crippen molar-refractivity contribution in [2.24, 2.45) is 0 Å². The average Bonchev–Trinajstić information content (AvgIpc) is 2.82. The van der Waals surface area contributed by atoms with E-state index in [0.717, 1.165) is 18.4 Å². The molecule has 0 bridgehead atoms. The summed E-state index contributed by atoms with van der Waals surface area (Å²) in [5.41, 5.74) is 3.66. The summed E-state index contributed by atoms with van der Waals surface area (Å²) >= 11 is 0. The minimum absolute atomic E-state index is 0.208. The van der Waals surface area contributed by atoms with Crippen LogP contribution in [0.15, 0.2) is 18.2 Å². The van der Waals surface area contributed by atoms with Gasteiger partial charge in [-0.15, -0.1) is 0 Å². The number of hydrogen-bond donors (Lipinski definition) is 1. The summed E-state index contributed by atoms with van der Waals surface area (Å²) in [5.74, 6) is 0.208. The van der Waals surface area contributed by atoms with Gasteiger partial charge in [0.05, 0.1) is 6.54 Å². The summed E-state index contributed by atoms with van der Waals surface area (Å²) in [5, 5.41) is 3.25. The van der Waals surface area contributed by atoms with Crippen molar-refractivity contribution in [3.05, 3.63) is 34.9 Å². The van der Waals surface area contributed by atoms with E-state index in [0.29, 0.717) is 12.6 Å². The van der Waals surface area contributed by atoms with Gasteiger partial charge in [-0.2, -0.15) is 0 Å². The number of hydrogen-bond acceptors (Lipinski definition) is 2. The zero-order valence-corrected chi connectivity index (χ0v) is 10.8. The van der Waals surface area contributed by atoms with E-state index < -0.39 is 0 Å². The van der Waals surface area contributed by atoms with Crippen LogP contribution in [0.5, 0.6) is 0 Å². The Morgan fingerprint density at radius 1 is 1.35 bits per heavy atom. The summed E-state index contributed by atoms with van der Waals surface area (Å²) in [6.07, 6.45) is 4.60. The van der Waals surface area contributed by atoms with Gasteiger partial charge in [0.1, 0.15) is 0 Å². The summed E-state index contributed by atoms with van der Waals surface area (Å²) in [4.78, 5) is 12.0. The Balaban J connectivity index is 2.00. The number of fused-ring (bicyclic) bond motifs is 1. The fourth-order valence-electron chi connectivity index (χ4n) is 2.26. The van der Waals surface area contributed by atoms with Crippen molar-refractivity contribution in [1.29, 1.82) is 0 Å². The zero-order chi connectivity index (χ0) is 12.3. The Kier molecular flexibility index (Phi) is 3.95. The van der Waals surface area contributed by atoms with Gasteiger partial charge in [-0.25, -0.2) is 0 Å². The van der Waals surface area contributed by atoms with Crippen LogP contribution in [0.4, 0.5) is 0 Å². The van der Waals surface area contributed by atoms with Gasteiger partial charge in [-0.3, -0.25) is 4.79 Å². The third-order valence-electron chi connectivity index (χ3n) is 3.64. The monoisotopic (exact) mass is 231 g/mol. The molecule has 1 aromatic rings. The second-order valence-corrected chi connectivity index (χ2v) is 4.95. The fourth-order valence-corrected chi connectivity index (χ4v) is 2.26. The van der Waals surface area contributed by atoms with Gasteiger partial charge in [-0.05, 0) is 49.8 Å². The molecule has 0 aromatic heterocycles. The Labute approximate surface area is 103 Å². The van der Waals surface area contributed by atoms with Gasteiger partial charge in [-0.1, -0.05) is 19.1 Å². The van der Waals surface area contributed by atoms with Crippen LogP contribution in [0.25, 0.3) is 0 Å². The maximum atomic E-state index is 12.0. The first-order valence-corrected chi connectivity index (χ1v) is 6.59. The predicted molar refractivity (Wildman–Crippen MR) is 70.6 cm³/mol. The standard InChI is InChI=1S/C15H21NO/c1-3-11(2)16-10-15(17)14-8-7-12-5-4-6-13(12)9-14/h7-9,11,16H,3-6,10H2,1-2H3. The van der Waals surface area contributed by atoms with Crippen LogP contribution in [0.2, 0.25) is 0 Å². The Morgan fingerprint density at radius 2 is 2.12 bits per heavy atom. The van der Waals surface area contributed by atoms with Crippen LogP contribution in [0.3, 0.4) is 0 Å². The molecule has 17 heavy (non-hydrogen) atoms. The molecular formula is C15H21NO. The van der Waals surface area contributed by atoms with E-state index in [1.165, 1.54) is 24.0 Å². The Morgan fingerprint density at radius 3 is 2.88 bits per heavy atom. The first-order valence-electron chi connectivity index (χ1n) is 6.59. The molecule has 0 heterocycles. The number of aryl methyl sites for hydroxylation is 2. The third kappa shape index (κ3) is 2.95. The van der Waals surface area contributed by atoms with Gasteiger partial charge in [0.15, 0.2) is 5.78 Å². The highest BCUT2D eigenvalue weighted by molar-refractivity contribution is 5.97. The molecular weight excluding hydrogens is 210 g/mol. The summed E-state index contributed by atoms with van der Waals surface area (Å²) in [6.45, 7) is 4.68. The fraction of sp³-hybridized carbons (Fsp3) is 0.533. The minimum atomic E-state index is 0.208. The largest absolute Gasteiger partial charge is 0.307 e. The molecule has 0 aliphatic heterocycles. The molecule has 1 N–H and O–H groups in total. The molecule has 1 unspecified atom stereocenters. The number of rotatable bonds is 5. The van der Waals surface area contributed by atoms with E-state index in [-0.39, 0.29) is 5.78 Å². The van der Waals surface area contributed by atoms with Crippen molar-refractivity contribution in [2.45, 2.75) is 45.6 Å². The lowest BCUT2D eigenvalue weighted by Crippen LogP contribution is -2.30. The second kappa shape index (κ2) is 5.46.